The van der Waals surface area contributed by atoms with Crippen LogP contribution in [-0.4, -0.2) is 23.6 Å². The summed E-state index contributed by atoms with van der Waals surface area (Å²) in [6, 6.07) is 3.26. The maximum atomic E-state index is 6.04. The summed E-state index contributed by atoms with van der Waals surface area (Å²) in [4.78, 5) is 1.94. The van der Waals surface area contributed by atoms with E-state index in [0.717, 1.165) is 13.0 Å². The van der Waals surface area contributed by atoms with E-state index in [1.54, 1.807) is 12.1 Å². The minimum absolute atomic E-state index is 0.426. The fourth-order valence-corrected chi connectivity index (χ4v) is 2.06. The average Bonchev–Trinajstić information content (AvgIpc) is 2.26. The van der Waals surface area contributed by atoms with E-state index >= 15 is 0 Å². The molecule has 0 fully saturated rings. The number of nitrogens with one attached hydrogen (secondary N) is 1. The van der Waals surface area contributed by atoms with Crippen LogP contribution in [0, 0.1) is 0 Å². The van der Waals surface area contributed by atoms with Crippen molar-refractivity contribution in [3.63, 3.8) is 0 Å². The average molecular weight is 312 g/mol. The number of halogens is 3. The predicted molar refractivity (Wildman–Crippen MR) is 80.6 cm³/mol. The molecule has 0 aliphatic rings. The first-order chi connectivity index (χ1) is 7.95. The van der Waals surface area contributed by atoms with Crippen LogP contribution in [-0.2, 0) is 0 Å². The number of thiocarbonyl (C=S) groups is 1. The molecule has 0 atom stereocenters. The van der Waals surface area contributed by atoms with Crippen LogP contribution < -0.4 is 5.32 Å². The van der Waals surface area contributed by atoms with Crippen molar-refractivity contribution >= 4 is 57.8 Å². The van der Waals surface area contributed by atoms with Gasteiger partial charge in [0.15, 0.2) is 5.11 Å². The zero-order chi connectivity index (χ0) is 13.0. The Bertz CT molecular complexity index is 423. The van der Waals surface area contributed by atoms with Gasteiger partial charge in [-0.25, -0.2) is 0 Å². The molecule has 6 heteroatoms. The maximum Gasteiger partial charge on any atom is 0.173 e. The van der Waals surface area contributed by atoms with E-state index in [2.05, 4.69) is 12.2 Å². The normalized spacial score (nSPS) is 10.2. The van der Waals surface area contributed by atoms with Crippen molar-refractivity contribution in [3.05, 3.63) is 27.2 Å². The third-order valence-electron chi connectivity index (χ3n) is 2.16. The topological polar surface area (TPSA) is 15.3 Å². The van der Waals surface area contributed by atoms with Gasteiger partial charge in [-0.1, -0.05) is 41.7 Å². The summed E-state index contributed by atoms with van der Waals surface area (Å²) in [6.45, 7) is 2.97. The van der Waals surface area contributed by atoms with Crippen molar-refractivity contribution < 1.29 is 0 Å². The molecule has 0 saturated carbocycles. The summed E-state index contributed by atoms with van der Waals surface area (Å²) in [5.41, 5.74) is 0.661. The standard InChI is InChI=1S/C11H13Cl3N2S/c1-3-4-16(2)11(17)15-10-6-8(13)7(12)5-9(10)14/h5-6H,3-4H2,1-2H3,(H,15,17). The fraction of sp³-hybridized carbons (Fsp3) is 0.364. The molecule has 0 saturated heterocycles. The van der Waals surface area contributed by atoms with Crippen molar-refractivity contribution in [2.75, 3.05) is 18.9 Å². The Hall–Kier alpha value is -0.220. The highest BCUT2D eigenvalue weighted by atomic mass is 35.5. The summed E-state index contributed by atoms with van der Waals surface area (Å²) in [6.07, 6.45) is 1.02. The van der Waals surface area contributed by atoms with Gasteiger partial charge in [0.2, 0.25) is 0 Å². The lowest BCUT2D eigenvalue weighted by Crippen LogP contribution is -2.31. The SMILES string of the molecule is CCCN(C)C(=S)Nc1cc(Cl)c(Cl)cc1Cl. The van der Waals surface area contributed by atoms with E-state index in [1.807, 2.05) is 11.9 Å². The number of nitrogens with zero attached hydrogens (tertiary/aromatic N) is 1. The van der Waals surface area contributed by atoms with Gasteiger partial charge < -0.3 is 10.2 Å². The number of hydrogen-bond acceptors (Lipinski definition) is 1. The molecule has 17 heavy (non-hydrogen) atoms. The Kier molecular flexibility index (Phi) is 5.80. The second-order valence-electron chi connectivity index (χ2n) is 3.60. The molecule has 0 radical (unpaired) electrons. The Morgan fingerprint density at radius 3 is 2.41 bits per heavy atom. The molecule has 0 heterocycles. The lowest BCUT2D eigenvalue weighted by atomic mass is 10.3. The van der Waals surface area contributed by atoms with Gasteiger partial charge in [-0.05, 0) is 30.8 Å². The largest absolute Gasteiger partial charge is 0.352 e. The van der Waals surface area contributed by atoms with E-state index in [0.29, 0.717) is 25.9 Å². The van der Waals surface area contributed by atoms with Crippen molar-refractivity contribution in [1.29, 1.82) is 0 Å². The highest BCUT2D eigenvalue weighted by Gasteiger charge is 2.09. The van der Waals surface area contributed by atoms with Gasteiger partial charge in [0.1, 0.15) is 0 Å². The monoisotopic (exact) mass is 310 g/mol. The lowest BCUT2D eigenvalue weighted by Gasteiger charge is -2.21. The Morgan fingerprint density at radius 1 is 1.24 bits per heavy atom. The smallest absolute Gasteiger partial charge is 0.173 e. The van der Waals surface area contributed by atoms with Gasteiger partial charge in [-0.15, -0.1) is 0 Å². The van der Waals surface area contributed by atoms with Crippen molar-refractivity contribution in [1.82, 2.24) is 4.90 Å². The van der Waals surface area contributed by atoms with Crippen LogP contribution in [0.4, 0.5) is 5.69 Å². The molecule has 1 N–H and O–H groups in total. The first-order valence-corrected chi connectivity index (χ1v) is 6.66. The number of rotatable bonds is 3. The molecule has 1 rings (SSSR count). The van der Waals surface area contributed by atoms with Crippen LogP contribution in [0.15, 0.2) is 12.1 Å². The fourth-order valence-electron chi connectivity index (χ4n) is 1.27. The van der Waals surface area contributed by atoms with E-state index in [-0.39, 0.29) is 0 Å². The molecule has 0 unspecified atom stereocenters. The molecular weight excluding hydrogens is 299 g/mol. The van der Waals surface area contributed by atoms with Gasteiger partial charge >= 0.3 is 0 Å². The highest BCUT2D eigenvalue weighted by molar-refractivity contribution is 7.80. The van der Waals surface area contributed by atoms with Crippen LogP contribution in [0.3, 0.4) is 0 Å². The van der Waals surface area contributed by atoms with Crippen molar-refractivity contribution in [2.45, 2.75) is 13.3 Å². The molecular formula is C11H13Cl3N2S. The van der Waals surface area contributed by atoms with Crippen molar-refractivity contribution in [3.8, 4) is 0 Å². The Balaban J connectivity index is 2.81. The quantitative estimate of drug-likeness (QED) is 0.644. The number of hydrogen-bond donors (Lipinski definition) is 1. The van der Waals surface area contributed by atoms with Crippen LogP contribution in [0.25, 0.3) is 0 Å². The maximum absolute atomic E-state index is 6.04. The summed E-state index contributed by atoms with van der Waals surface area (Å²) < 4.78 is 0. The van der Waals surface area contributed by atoms with E-state index in [1.165, 1.54) is 0 Å². The minimum atomic E-state index is 0.426. The second-order valence-corrected chi connectivity index (χ2v) is 5.21. The molecule has 0 aromatic heterocycles. The van der Waals surface area contributed by atoms with Gasteiger partial charge in [-0.3, -0.25) is 0 Å². The summed E-state index contributed by atoms with van der Waals surface area (Å²) in [7, 11) is 1.92. The van der Waals surface area contributed by atoms with Crippen LogP contribution in [0.2, 0.25) is 15.1 Å². The molecule has 0 aliphatic heterocycles. The summed E-state index contributed by atoms with van der Waals surface area (Å²) in [5, 5.41) is 5.01. The van der Waals surface area contributed by atoms with Crippen molar-refractivity contribution in [2.24, 2.45) is 0 Å². The van der Waals surface area contributed by atoms with E-state index in [9.17, 15) is 0 Å². The minimum Gasteiger partial charge on any atom is -0.352 e. The van der Waals surface area contributed by atoms with E-state index in [4.69, 9.17) is 47.0 Å². The summed E-state index contributed by atoms with van der Waals surface area (Å²) in [5.74, 6) is 0. The zero-order valence-corrected chi connectivity index (χ0v) is 12.6. The predicted octanol–water partition coefficient (Wildman–Crippen LogP) is 4.69. The first-order valence-electron chi connectivity index (χ1n) is 5.12. The van der Waals surface area contributed by atoms with Crippen LogP contribution in [0.5, 0.6) is 0 Å². The molecule has 94 valence electrons. The Morgan fingerprint density at radius 2 is 1.82 bits per heavy atom. The molecule has 1 aromatic carbocycles. The molecule has 0 amide bonds. The van der Waals surface area contributed by atoms with Gasteiger partial charge in [0.25, 0.3) is 0 Å². The molecule has 0 spiro atoms. The summed E-state index contributed by atoms with van der Waals surface area (Å²) >= 11 is 23.1. The highest BCUT2D eigenvalue weighted by Crippen LogP contribution is 2.32. The molecule has 0 bridgehead atoms. The molecule has 2 nitrogen and oxygen atoms in total. The molecule has 1 aromatic rings. The Labute approximate surface area is 122 Å². The van der Waals surface area contributed by atoms with Crippen LogP contribution in [0.1, 0.15) is 13.3 Å². The third-order valence-corrected chi connectivity index (χ3v) is 3.61. The van der Waals surface area contributed by atoms with Gasteiger partial charge in [0.05, 0.1) is 20.8 Å². The lowest BCUT2D eigenvalue weighted by molar-refractivity contribution is 0.508. The van der Waals surface area contributed by atoms with Gasteiger partial charge in [0, 0.05) is 13.6 Å². The number of anilines is 1. The first kappa shape index (κ1) is 14.8. The van der Waals surface area contributed by atoms with E-state index < -0.39 is 0 Å². The second kappa shape index (κ2) is 6.64. The zero-order valence-electron chi connectivity index (χ0n) is 9.56. The van der Waals surface area contributed by atoms with Gasteiger partial charge in [-0.2, -0.15) is 0 Å². The molecule has 0 aliphatic carbocycles. The van der Waals surface area contributed by atoms with Crippen LogP contribution >= 0.6 is 47.0 Å². The number of benzene rings is 1. The third kappa shape index (κ3) is 4.18.